The Hall–Kier alpha value is -3.10. The SMILES string of the molecule is COc1cc(C2C3=C(CCCC3=O)N(C)C3=C2C(=O)CCC3)cc(Cl)c1OS(=O)(=O)c1ccccc1. The van der Waals surface area contributed by atoms with Crippen LogP contribution in [0.25, 0.3) is 0 Å². The Morgan fingerprint density at radius 3 is 2.06 bits per heavy atom. The molecule has 0 unspecified atom stereocenters. The zero-order chi connectivity index (χ0) is 25.6. The Bertz CT molecular complexity index is 1380. The van der Waals surface area contributed by atoms with Crippen molar-refractivity contribution in [2.45, 2.75) is 49.3 Å². The van der Waals surface area contributed by atoms with Gasteiger partial charge in [-0.3, -0.25) is 9.59 Å². The number of methoxy groups -OCH3 is 1. The molecule has 0 fully saturated rings. The van der Waals surface area contributed by atoms with Crippen molar-refractivity contribution in [1.82, 2.24) is 4.90 Å². The predicted octanol–water partition coefficient (Wildman–Crippen LogP) is 5.16. The zero-order valence-electron chi connectivity index (χ0n) is 20.0. The fraction of sp³-hybridized carbons (Fsp3) is 0.333. The van der Waals surface area contributed by atoms with Crippen molar-refractivity contribution >= 4 is 33.3 Å². The van der Waals surface area contributed by atoms with Gasteiger partial charge >= 0.3 is 10.1 Å². The second-order valence-electron chi connectivity index (χ2n) is 9.15. The third-order valence-corrected chi connectivity index (χ3v) is 8.57. The van der Waals surface area contributed by atoms with E-state index < -0.39 is 16.0 Å². The lowest BCUT2D eigenvalue weighted by Gasteiger charge is -2.42. The smallest absolute Gasteiger partial charge is 0.339 e. The van der Waals surface area contributed by atoms with E-state index in [0.29, 0.717) is 29.6 Å². The lowest BCUT2D eigenvalue weighted by molar-refractivity contribution is -0.117. The number of rotatable bonds is 5. The molecule has 2 aliphatic carbocycles. The molecule has 7 nitrogen and oxygen atoms in total. The Labute approximate surface area is 215 Å². The topological polar surface area (TPSA) is 90.0 Å². The van der Waals surface area contributed by atoms with Crippen molar-refractivity contribution in [2.24, 2.45) is 0 Å². The maximum absolute atomic E-state index is 13.2. The predicted molar refractivity (Wildman–Crippen MR) is 135 cm³/mol. The minimum Gasteiger partial charge on any atom is -0.493 e. The van der Waals surface area contributed by atoms with Crippen LogP contribution < -0.4 is 8.92 Å². The van der Waals surface area contributed by atoms with Gasteiger partial charge in [-0.2, -0.15) is 8.42 Å². The minimum atomic E-state index is -4.17. The van der Waals surface area contributed by atoms with Crippen LogP contribution in [0.2, 0.25) is 5.02 Å². The first kappa shape index (κ1) is 24.6. The lowest BCUT2D eigenvalue weighted by atomic mass is 9.71. The summed E-state index contributed by atoms with van der Waals surface area (Å²) in [5, 5.41) is 0.0126. The van der Waals surface area contributed by atoms with E-state index in [9.17, 15) is 18.0 Å². The highest BCUT2D eigenvalue weighted by Crippen LogP contribution is 2.50. The Kier molecular flexibility index (Phi) is 6.43. The molecule has 0 aromatic heterocycles. The molecule has 5 rings (SSSR count). The van der Waals surface area contributed by atoms with Gasteiger partial charge in [0.05, 0.1) is 12.1 Å². The van der Waals surface area contributed by atoms with Gasteiger partial charge in [-0.05, 0) is 55.5 Å². The summed E-state index contributed by atoms with van der Waals surface area (Å²) in [6, 6.07) is 10.9. The molecule has 2 aromatic carbocycles. The van der Waals surface area contributed by atoms with Crippen molar-refractivity contribution in [3.8, 4) is 11.5 Å². The zero-order valence-corrected chi connectivity index (χ0v) is 21.6. The molecule has 0 spiro atoms. The van der Waals surface area contributed by atoms with E-state index in [0.717, 1.165) is 37.1 Å². The maximum atomic E-state index is 13.2. The largest absolute Gasteiger partial charge is 0.493 e. The average Bonchev–Trinajstić information content (AvgIpc) is 2.87. The summed E-state index contributed by atoms with van der Waals surface area (Å²) in [5.74, 6) is -0.599. The highest BCUT2D eigenvalue weighted by atomic mass is 35.5. The summed E-state index contributed by atoms with van der Waals surface area (Å²) >= 11 is 6.60. The lowest BCUT2D eigenvalue weighted by Crippen LogP contribution is -2.37. The van der Waals surface area contributed by atoms with Crippen molar-refractivity contribution < 1.29 is 26.9 Å². The third kappa shape index (κ3) is 4.12. The number of nitrogens with zero attached hydrogens (tertiary/aromatic N) is 1. The second-order valence-corrected chi connectivity index (χ2v) is 11.1. The molecule has 1 aliphatic heterocycles. The molecule has 9 heteroatoms. The molecule has 0 atom stereocenters. The number of halogens is 1. The second kappa shape index (κ2) is 9.41. The first-order chi connectivity index (χ1) is 17.2. The first-order valence-corrected chi connectivity index (χ1v) is 13.6. The summed E-state index contributed by atoms with van der Waals surface area (Å²) in [4.78, 5) is 28.4. The molecule has 36 heavy (non-hydrogen) atoms. The number of hydrogen-bond acceptors (Lipinski definition) is 7. The molecule has 0 radical (unpaired) electrons. The van der Waals surface area contributed by atoms with Gasteiger partial charge in [-0.15, -0.1) is 0 Å². The summed E-state index contributed by atoms with van der Waals surface area (Å²) < 4.78 is 36.6. The highest BCUT2D eigenvalue weighted by Gasteiger charge is 2.42. The summed E-state index contributed by atoms with van der Waals surface area (Å²) in [6.07, 6.45) is 3.86. The van der Waals surface area contributed by atoms with Crippen molar-refractivity contribution in [1.29, 1.82) is 0 Å². The minimum absolute atomic E-state index is 0.0126. The molecule has 2 aromatic rings. The average molecular weight is 528 g/mol. The highest BCUT2D eigenvalue weighted by molar-refractivity contribution is 7.87. The van der Waals surface area contributed by atoms with Crippen LogP contribution in [0.15, 0.2) is 69.9 Å². The van der Waals surface area contributed by atoms with Crippen LogP contribution in [0.5, 0.6) is 11.5 Å². The molecule has 0 amide bonds. The molecule has 0 bridgehead atoms. The van der Waals surface area contributed by atoms with E-state index in [4.69, 9.17) is 20.5 Å². The molecule has 1 heterocycles. The third-order valence-electron chi connectivity index (χ3n) is 7.05. The van der Waals surface area contributed by atoms with Crippen LogP contribution in [0.1, 0.15) is 50.0 Å². The maximum Gasteiger partial charge on any atom is 0.339 e. The van der Waals surface area contributed by atoms with Crippen molar-refractivity contribution in [3.63, 3.8) is 0 Å². The first-order valence-electron chi connectivity index (χ1n) is 11.9. The van der Waals surface area contributed by atoms with Crippen molar-refractivity contribution in [3.05, 3.63) is 75.6 Å². The molecule has 0 saturated carbocycles. The normalized spacial score (nSPS) is 18.8. The van der Waals surface area contributed by atoms with Gasteiger partial charge in [-0.1, -0.05) is 29.8 Å². The van der Waals surface area contributed by atoms with E-state index in [1.165, 1.54) is 19.2 Å². The van der Waals surface area contributed by atoms with Crippen LogP contribution in [0, 0.1) is 0 Å². The van der Waals surface area contributed by atoms with Crippen LogP contribution in [-0.4, -0.2) is 39.0 Å². The van der Waals surface area contributed by atoms with E-state index in [2.05, 4.69) is 0 Å². The van der Waals surface area contributed by atoms with Gasteiger partial charge in [-0.25, -0.2) is 0 Å². The number of ether oxygens (including phenoxy) is 1. The number of benzene rings is 2. The van der Waals surface area contributed by atoms with Crippen LogP contribution in [0.3, 0.4) is 0 Å². The van der Waals surface area contributed by atoms with Crippen molar-refractivity contribution in [2.75, 3.05) is 14.2 Å². The van der Waals surface area contributed by atoms with Crippen LogP contribution in [-0.2, 0) is 19.7 Å². The number of carbonyl (C=O) groups excluding carboxylic acids is 2. The number of ketones is 2. The molecule has 3 aliphatic rings. The Balaban J connectivity index is 1.65. The molecule has 188 valence electrons. The fourth-order valence-electron chi connectivity index (χ4n) is 5.42. The number of allylic oxidation sites excluding steroid dienone is 4. The van der Waals surface area contributed by atoms with E-state index in [1.807, 2.05) is 11.9 Å². The van der Waals surface area contributed by atoms with Gasteiger partial charge in [0.15, 0.2) is 17.3 Å². The standard InChI is InChI=1S/C27H26ClNO6S/c1-29-19-10-6-12-21(30)25(19)24(26-20(29)11-7-13-22(26)31)16-14-18(28)27(23(15-16)34-2)35-36(32,33)17-8-4-3-5-9-17/h3-5,8-9,14-15,24H,6-7,10-13H2,1-2H3. The molecule has 0 N–H and O–H groups in total. The fourth-order valence-corrected chi connectivity index (χ4v) is 6.70. The summed E-state index contributed by atoms with van der Waals surface area (Å²) in [7, 11) is -0.852. The Morgan fingerprint density at radius 2 is 1.50 bits per heavy atom. The van der Waals surface area contributed by atoms with Crippen LogP contribution >= 0.6 is 11.6 Å². The molecule has 0 saturated heterocycles. The number of hydrogen-bond donors (Lipinski definition) is 0. The molecular formula is C27H26ClNO6S. The quantitative estimate of drug-likeness (QED) is 0.496. The Morgan fingerprint density at radius 1 is 0.917 bits per heavy atom. The van der Waals surface area contributed by atoms with Gasteiger partial charge in [0.2, 0.25) is 5.75 Å². The van der Waals surface area contributed by atoms with E-state index >= 15 is 0 Å². The number of carbonyl (C=O) groups is 2. The number of Topliss-reactive ketones (excluding diaryl/α,β-unsaturated/α-hetero) is 2. The van der Waals surface area contributed by atoms with Gasteiger partial charge in [0, 0.05) is 48.3 Å². The monoisotopic (exact) mass is 527 g/mol. The summed E-state index contributed by atoms with van der Waals surface area (Å²) in [6.45, 7) is 0. The molecular weight excluding hydrogens is 502 g/mol. The van der Waals surface area contributed by atoms with Crippen LogP contribution in [0.4, 0.5) is 0 Å². The van der Waals surface area contributed by atoms with Gasteiger partial charge < -0.3 is 13.8 Å². The van der Waals surface area contributed by atoms with E-state index in [-0.39, 0.29) is 33.0 Å². The van der Waals surface area contributed by atoms with E-state index in [1.54, 1.807) is 30.3 Å². The van der Waals surface area contributed by atoms with Gasteiger partial charge in [0.25, 0.3) is 0 Å². The summed E-state index contributed by atoms with van der Waals surface area (Å²) in [5.41, 5.74) is 3.70. The van der Waals surface area contributed by atoms with Gasteiger partial charge in [0.1, 0.15) is 4.90 Å².